The Hall–Kier alpha value is -2.31. The molecule has 2 N–H and O–H groups in total. The summed E-state index contributed by atoms with van der Waals surface area (Å²) in [5.41, 5.74) is 2.23. The van der Waals surface area contributed by atoms with E-state index in [1.54, 1.807) is 11.3 Å². The van der Waals surface area contributed by atoms with E-state index in [0.29, 0.717) is 17.7 Å². The van der Waals surface area contributed by atoms with Crippen LogP contribution in [-0.4, -0.2) is 35.9 Å². The third kappa shape index (κ3) is 3.59. The van der Waals surface area contributed by atoms with Gasteiger partial charge in [0.1, 0.15) is 5.01 Å². The standard InChI is InChI=1S/C21H23N3O2S/c22-17-3-1-2-4-18(17)24-19(25)15-5-7-16(8-6-15)21(9-12-26-13-10-21)20-23-11-14-27-20/h2,4-8,11,14,18,22H,1,3,9-10,12-13H2,(H,24,25). The Balaban J connectivity index is 1.55. The van der Waals surface area contributed by atoms with E-state index in [1.807, 2.05) is 48.0 Å². The van der Waals surface area contributed by atoms with Crippen molar-refractivity contribution in [3.63, 3.8) is 0 Å². The maximum Gasteiger partial charge on any atom is 0.252 e. The van der Waals surface area contributed by atoms with Gasteiger partial charge in [0.15, 0.2) is 0 Å². The molecule has 1 aromatic heterocycles. The van der Waals surface area contributed by atoms with E-state index >= 15 is 0 Å². The molecule has 1 atom stereocenters. The maximum absolute atomic E-state index is 12.6. The van der Waals surface area contributed by atoms with Crippen LogP contribution in [0.5, 0.6) is 0 Å². The van der Waals surface area contributed by atoms with E-state index in [1.165, 1.54) is 5.56 Å². The normalized spacial score (nSPS) is 21.8. The molecule has 0 radical (unpaired) electrons. The van der Waals surface area contributed by atoms with Crippen LogP contribution < -0.4 is 5.32 Å². The molecular formula is C21H23N3O2S. The van der Waals surface area contributed by atoms with Crippen molar-refractivity contribution in [2.75, 3.05) is 13.2 Å². The number of nitrogens with zero attached hydrogens (tertiary/aromatic N) is 1. The Morgan fingerprint density at radius 2 is 2.04 bits per heavy atom. The monoisotopic (exact) mass is 381 g/mol. The van der Waals surface area contributed by atoms with Crippen molar-refractivity contribution >= 4 is 23.0 Å². The fourth-order valence-electron chi connectivity index (χ4n) is 3.85. The van der Waals surface area contributed by atoms with Crippen LogP contribution in [0.2, 0.25) is 0 Å². The lowest BCUT2D eigenvalue weighted by molar-refractivity contribution is 0.0630. The lowest BCUT2D eigenvalue weighted by Crippen LogP contribution is -2.40. The van der Waals surface area contributed by atoms with Gasteiger partial charge in [0.25, 0.3) is 5.91 Å². The highest BCUT2D eigenvalue weighted by atomic mass is 32.1. The quantitative estimate of drug-likeness (QED) is 0.793. The van der Waals surface area contributed by atoms with Crippen LogP contribution in [0, 0.1) is 5.41 Å². The van der Waals surface area contributed by atoms with Crippen molar-refractivity contribution in [1.29, 1.82) is 5.41 Å². The second kappa shape index (κ2) is 7.74. The van der Waals surface area contributed by atoms with Crippen molar-refractivity contribution < 1.29 is 9.53 Å². The van der Waals surface area contributed by atoms with Gasteiger partial charge >= 0.3 is 0 Å². The number of allylic oxidation sites excluding steroid dienone is 1. The summed E-state index contributed by atoms with van der Waals surface area (Å²) in [6, 6.07) is 7.56. The molecular weight excluding hydrogens is 358 g/mol. The Labute approximate surface area is 163 Å². The van der Waals surface area contributed by atoms with E-state index in [-0.39, 0.29) is 17.4 Å². The predicted molar refractivity (Wildman–Crippen MR) is 107 cm³/mol. The largest absolute Gasteiger partial charge is 0.381 e. The number of carbonyl (C=O) groups excluding carboxylic acids is 1. The smallest absolute Gasteiger partial charge is 0.252 e. The lowest BCUT2D eigenvalue weighted by atomic mass is 9.74. The molecule has 140 valence electrons. The summed E-state index contributed by atoms with van der Waals surface area (Å²) in [5, 5.41) is 14.1. The average molecular weight is 382 g/mol. The summed E-state index contributed by atoms with van der Waals surface area (Å²) in [6.45, 7) is 1.44. The Morgan fingerprint density at radius 1 is 1.26 bits per heavy atom. The van der Waals surface area contributed by atoms with Gasteiger partial charge in [-0.25, -0.2) is 4.98 Å². The number of aromatic nitrogens is 1. The number of thiazole rings is 1. The van der Waals surface area contributed by atoms with Crippen molar-refractivity contribution in [1.82, 2.24) is 10.3 Å². The fraction of sp³-hybridized carbons (Fsp3) is 0.381. The molecule has 27 heavy (non-hydrogen) atoms. The van der Waals surface area contributed by atoms with Crippen LogP contribution in [0.4, 0.5) is 0 Å². The van der Waals surface area contributed by atoms with Gasteiger partial charge in [0, 0.05) is 36.1 Å². The molecule has 6 heteroatoms. The van der Waals surface area contributed by atoms with Crippen molar-refractivity contribution in [3.8, 4) is 0 Å². The zero-order valence-corrected chi connectivity index (χ0v) is 15.9. The molecule has 0 saturated carbocycles. The first-order chi connectivity index (χ1) is 13.2. The molecule has 0 bridgehead atoms. The predicted octanol–water partition coefficient (Wildman–Crippen LogP) is 3.71. The van der Waals surface area contributed by atoms with Gasteiger partial charge in [-0.15, -0.1) is 11.3 Å². The molecule has 0 spiro atoms. The molecule has 1 amide bonds. The first-order valence-corrected chi connectivity index (χ1v) is 10.2. The number of hydrogen-bond donors (Lipinski definition) is 2. The molecule has 1 fully saturated rings. The molecule has 1 aliphatic heterocycles. The van der Waals surface area contributed by atoms with Crippen LogP contribution in [0.1, 0.15) is 46.6 Å². The highest BCUT2D eigenvalue weighted by Crippen LogP contribution is 2.42. The number of rotatable bonds is 4. The van der Waals surface area contributed by atoms with Crippen molar-refractivity contribution in [2.45, 2.75) is 37.1 Å². The Kier molecular flexibility index (Phi) is 5.18. The summed E-state index contributed by atoms with van der Waals surface area (Å²) >= 11 is 1.68. The average Bonchev–Trinajstić information content (AvgIpc) is 3.26. The van der Waals surface area contributed by atoms with E-state index in [2.05, 4.69) is 10.3 Å². The topological polar surface area (TPSA) is 75.1 Å². The minimum Gasteiger partial charge on any atom is -0.381 e. The molecule has 1 aromatic carbocycles. The number of ether oxygens (including phenoxy) is 1. The minimum absolute atomic E-state index is 0.129. The Bertz CT molecular complexity index is 837. The summed E-state index contributed by atoms with van der Waals surface area (Å²) in [7, 11) is 0. The van der Waals surface area contributed by atoms with Gasteiger partial charge in [-0.3, -0.25) is 4.79 Å². The molecule has 2 aliphatic rings. The van der Waals surface area contributed by atoms with Crippen LogP contribution >= 0.6 is 11.3 Å². The number of nitrogens with one attached hydrogen (secondary N) is 2. The molecule has 4 rings (SSSR count). The summed E-state index contributed by atoms with van der Waals surface area (Å²) in [5.74, 6) is -0.141. The fourth-order valence-corrected chi connectivity index (χ4v) is 4.77. The van der Waals surface area contributed by atoms with E-state index in [9.17, 15) is 4.79 Å². The first kappa shape index (κ1) is 18.1. The zero-order valence-electron chi connectivity index (χ0n) is 15.1. The van der Waals surface area contributed by atoms with Gasteiger partial charge in [-0.2, -0.15) is 0 Å². The number of hydrogen-bond acceptors (Lipinski definition) is 5. The highest BCUT2D eigenvalue weighted by Gasteiger charge is 2.38. The molecule has 2 aromatic rings. The molecule has 2 heterocycles. The first-order valence-electron chi connectivity index (χ1n) is 9.32. The van der Waals surface area contributed by atoms with Crippen molar-refractivity contribution in [3.05, 3.63) is 64.1 Å². The zero-order chi connectivity index (χ0) is 18.7. The number of carbonyl (C=O) groups is 1. The van der Waals surface area contributed by atoms with E-state index in [4.69, 9.17) is 10.1 Å². The molecule has 5 nitrogen and oxygen atoms in total. The summed E-state index contributed by atoms with van der Waals surface area (Å²) < 4.78 is 5.59. The van der Waals surface area contributed by atoms with E-state index in [0.717, 1.165) is 37.5 Å². The second-order valence-electron chi connectivity index (χ2n) is 7.05. The number of amides is 1. The summed E-state index contributed by atoms with van der Waals surface area (Å²) in [4.78, 5) is 17.2. The van der Waals surface area contributed by atoms with Crippen LogP contribution in [0.3, 0.4) is 0 Å². The number of benzene rings is 1. The summed E-state index contributed by atoms with van der Waals surface area (Å²) in [6.07, 6.45) is 9.16. The second-order valence-corrected chi connectivity index (χ2v) is 7.95. The van der Waals surface area contributed by atoms with Crippen LogP contribution in [-0.2, 0) is 10.2 Å². The minimum atomic E-state index is -0.289. The highest BCUT2D eigenvalue weighted by molar-refractivity contribution is 7.09. The molecule has 1 aliphatic carbocycles. The van der Waals surface area contributed by atoms with Gasteiger partial charge in [0.05, 0.1) is 11.5 Å². The van der Waals surface area contributed by atoms with E-state index < -0.39 is 0 Å². The van der Waals surface area contributed by atoms with Gasteiger partial charge in [0.2, 0.25) is 0 Å². The van der Waals surface area contributed by atoms with Crippen molar-refractivity contribution in [2.24, 2.45) is 0 Å². The van der Waals surface area contributed by atoms with Crippen LogP contribution in [0.15, 0.2) is 48.0 Å². The van der Waals surface area contributed by atoms with Crippen LogP contribution in [0.25, 0.3) is 0 Å². The Morgan fingerprint density at radius 3 is 2.70 bits per heavy atom. The maximum atomic E-state index is 12.6. The van der Waals surface area contributed by atoms with Gasteiger partial charge in [-0.05, 0) is 43.4 Å². The molecule has 1 unspecified atom stereocenters. The third-order valence-electron chi connectivity index (χ3n) is 5.46. The SMILES string of the molecule is N=C1CCC=CC1NC(=O)c1ccc(C2(c3nccs3)CCOCC2)cc1. The lowest BCUT2D eigenvalue weighted by Gasteiger charge is -2.36. The third-order valence-corrected chi connectivity index (χ3v) is 6.44. The molecule has 1 saturated heterocycles. The van der Waals surface area contributed by atoms with Gasteiger partial charge < -0.3 is 15.5 Å². The van der Waals surface area contributed by atoms with Gasteiger partial charge in [-0.1, -0.05) is 24.3 Å².